The Morgan fingerprint density at radius 3 is 2.37 bits per heavy atom. The summed E-state index contributed by atoms with van der Waals surface area (Å²) < 4.78 is 0. The number of nitrogens with zero attached hydrogens (tertiary/aromatic N) is 1. The lowest BCUT2D eigenvalue weighted by Gasteiger charge is -2.20. The van der Waals surface area contributed by atoms with Crippen LogP contribution >= 0.6 is 0 Å². The first-order valence-corrected chi connectivity index (χ1v) is 10.3. The molecular weight excluding hydrogens is 246 g/mol. The Kier molecular flexibility index (Phi) is 6.07. The number of hydrogen-bond donors (Lipinski definition) is 0. The quantitative estimate of drug-likeness (QED) is 0.445. The van der Waals surface area contributed by atoms with Gasteiger partial charge in [-0.05, 0) is 12.5 Å². The second-order valence-corrected chi connectivity index (χ2v) is 10.9. The Hall–Kier alpha value is -1.30. The van der Waals surface area contributed by atoms with Crippen LogP contribution in [-0.4, -0.2) is 26.1 Å². The SMILES string of the molecule is C=C(C)CN(CC#C[Si](C)(C)C)Cc1ccccc1. The van der Waals surface area contributed by atoms with Gasteiger partial charge in [0, 0.05) is 13.1 Å². The minimum atomic E-state index is -1.27. The lowest BCUT2D eigenvalue weighted by molar-refractivity contribution is 0.325. The van der Waals surface area contributed by atoms with E-state index in [4.69, 9.17) is 0 Å². The van der Waals surface area contributed by atoms with E-state index in [0.717, 1.165) is 19.6 Å². The van der Waals surface area contributed by atoms with Crippen molar-refractivity contribution in [2.45, 2.75) is 33.1 Å². The van der Waals surface area contributed by atoms with Crippen LogP contribution in [0.1, 0.15) is 12.5 Å². The van der Waals surface area contributed by atoms with Crippen LogP contribution in [0.3, 0.4) is 0 Å². The van der Waals surface area contributed by atoms with Gasteiger partial charge in [0.05, 0.1) is 6.54 Å². The predicted octanol–water partition coefficient (Wildman–Crippen LogP) is 3.95. The van der Waals surface area contributed by atoms with Crippen LogP contribution in [0.25, 0.3) is 0 Å². The molecule has 0 aromatic heterocycles. The van der Waals surface area contributed by atoms with Gasteiger partial charge in [0.15, 0.2) is 0 Å². The van der Waals surface area contributed by atoms with Crippen LogP contribution in [0.15, 0.2) is 42.5 Å². The monoisotopic (exact) mass is 271 g/mol. The summed E-state index contributed by atoms with van der Waals surface area (Å²) in [5, 5.41) is 0. The molecule has 0 saturated carbocycles. The molecule has 102 valence electrons. The molecule has 0 fully saturated rings. The molecule has 0 unspecified atom stereocenters. The molecule has 1 nitrogen and oxygen atoms in total. The molecule has 0 bridgehead atoms. The molecule has 0 amide bonds. The Bertz CT molecular complexity index is 460. The highest BCUT2D eigenvalue weighted by atomic mass is 28.3. The van der Waals surface area contributed by atoms with Crippen molar-refractivity contribution < 1.29 is 0 Å². The molecule has 0 spiro atoms. The number of rotatable bonds is 5. The second kappa shape index (κ2) is 7.33. The molecule has 1 rings (SSSR count). The van der Waals surface area contributed by atoms with Gasteiger partial charge in [0.25, 0.3) is 0 Å². The smallest absolute Gasteiger partial charge is 0.129 e. The zero-order valence-corrected chi connectivity index (χ0v) is 13.7. The van der Waals surface area contributed by atoms with Gasteiger partial charge in [0.1, 0.15) is 8.07 Å². The zero-order chi connectivity index (χ0) is 14.3. The fourth-order valence-electron chi connectivity index (χ4n) is 1.81. The topological polar surface area (TPSA) is 3.24 Å². The van der Waals surface area contributed by atoms with E-state index in [-0.39, 0.29) is 0 Å². The number of hydrogen-bond acceptors (Lipinski definition) is 1. The summed E-state index contributed by atoms with van der Waals surface area (Å²) in [6.45, 7) is 15.6. The lowest BCUT2D eigenvalue weighted by atomic mass is 10.2. The summed E-state index contributed by atoms with van der Waals surface area (Å²) in [5.74, 6) is 3.35. The molecule has 0 aliphatic heterocycles. The molecule has 0 aliphatic carbocycles. The van der Waals surface area contributed by atoms with E-state index < -0.39 is 8.07 Å². The van der Waals surface area contributed by atoms with Crippen molar-refractivity contribution in [1.82, 2.24) is 4.90 Å². The van der Waals surface area contributed by atoms with Crippen molar-refractivity contribution >= 4 is 8.07 Å². The first-order chi connectivity index (χ1) is 8.87. The van der Waals surface area contributed by atoms with Gasteiger partial charge >= 0.3 is 0 Å². The average Bonchev–Trinajstić information content (AvgIpc) is 2.27. The summed E-state index contributed by atoms with van der Waals surface area (Å²) in [6, 6.07) is 10.6. The van der Waals surface area contributed by atoms with Crippen molar-refractivity contribution in [2.75, 3.05) is 13.1 Å². The largest absolute Gasteiger partial charge is 0.284 e. The van der Waals surface area contributed by atoms with E-state index >= 15 is 0 Å². The lowest BCUT2D eigenvalue weighted by Crippen LogP contribution is -2.26. The molecule has 0 atom stereocenters. The van der Waals surface area contributed by atoms with Gasteiger partial charge in [-0.1, -0.05) is 68.0 Å². The maximum Gasteiger partial charge on any atom is 0.129 e. The van der Waals surface area contributed by atoms with Crippen molar-refractivity contribution in [3.63, 3.8) is 0 Å². The van der Waals surface area contributed by atoms with E-state index in [1.807, 2.05) is 0 Å². The Morgan fingerprint density at radius 2 is 1.84 bits per heavy atom. The Balaban J connectivity index is 2.66. The molecule has 0 aliphatic rings. The molecule has 0 heterocycles. The highest BCUT2D eigenvalue weighted by Gasteiger charge is 2.08. The van der Waals surface area contributed by atoms with Crippen LogP contribution in [0.2, 0.25) is 19.6 Å². The molecule has 0 N–H and O–H groups in total. The summed E-state index contributed by atoms with van der Waals surface area (Å²) in [4.78, 5) is 2.35. The van der Waals surface area contributed by atoms with Crippen molar-refractivity contribution in [3.05, 3.63) is 48.0 Å². The predicted molar refractivity (Wildman–Crippen MR) is 87.7 cm³/mol. The number of benzene rings is 1. The van der Waals surface area contributed by atoms with Gasteiger partial charge in [-0.25, -0.2) is 0 Å². The standard InChI is InChI=1S/C17H25NSi/c1-16(2)14-18(12-9-13-19(3,4)5)15-17-10-7-6-8-11-17/h6-8,10-11H,1,12,14-15H2,2-5H3. The van der Waals surface area contributed by atoms with Gasteiger partial charge in [-0.2, -0.15) is 0 Å². The minimum absolute atomic E-state index is 0.825. The first-order valence-electron chi connectivity index (χ1n) is 6.77. The molecule has 1 aromatic carbocycles. The summed E-state index contributed by atoms with van der Waals surface area (Å²) >= 11 is 0. The maximum absolute atomic E-state index is 4.01. The van der Waals surface area contributed by atoms with Crippen LogP contribution in [0, 0.1) is 11.5 Å². The van der Waals surface area contributed by atoms with E-state index in [1.165, 1.54) is 11.1 Å². The Morgan fingerprint density at radius 1 is 1.21 bits per heavy atom. The van der Waals surface area contributed by atoms with Crippen LogP contribution in [-0.2, 0) is 6.54 Å². The van der Waals surface area contributed by atoms with Gasteiger partial charge in [-0.15, -0.1) is 5.54 Å². The average molecular weight is 271 g/mol. The van der Waals surface area contributed by atoms with E-state index in [9.17, 15) is 0 Å². The third-order valence-corrected chi connectivity index (χ3v) is 3.44. The third kappa shape index (κ3) is 7.66. The van der Waals surface area contributed by atoms with E-state index in [1.54, 1.807) is 0 Å². The fraction of sp³-hybridized carbons (Fsp3) is 0.412. The minimum Gasteiger partial charge on any atom is -0.284 e. The van der Waals surface area contributed by atoms with Crippen molar-refractivity contribution in [1.29, 1.82) is 0 Å². The van der Waals surface area contributed by atoms with Gasteiger partial charge < -0.3 is 0 Å². The summed E-state index contributed by atoms with van der Waals surface area (Å²) in [5.41, 5.74) is 5.95. The van der Waals surface area contributed by atoms with E-state index in [2.05, 4.69) is 79.8 Å². The normalized spacial score (nSPS) is 11.0. The van der Waals surface area contributed by atoms with E-state index in [0.29, 0.717) is 0 Å². The molecule has 2 heteroatoms. The highest BCUT2D eigenvalue weighted by molar-refractivity contribution is 6.83. The van der Waals surface area contributed by atoms with Crippen molar-refractivity contribution in [3.8, 4) is 11.5 Å². The second-order valence-electron chi connectivity index (χ2n) is 6.14. The molecule has 0 radical (unpaired) electrons. The summed E-state index contributed by atoms with van der Waals surface area (Å²) in [7, 11) is -1.27. The van der Waals surface area contributed by atoms with Gasteiger partial charge in [0.2, 0.25) is 0 Å². The third-order valence-electron chi connectivity index (χ3n) is 2.51. The molecule has 0 saturated heterocycles. The van der Waals surface area contributed by atoms with Gasteiger partial charge in [-0.3, -0.25) is 4.90 Å². The zero-order valence-electron chi connectivity index (χ0n) is 12.7. The van der Waals surface area contributed by atoms with Crippen LogP contribution in [0.5, 0.6) is 0 Å². The van der Waals surface area contributed by atoms with Crippen LogP contribution < -0.4 is 0 Å². The molecule has 19 heavy (non-hydrogen) atoms. The molecular formula is C17H25NSi. The molecule has 1 aromatic rings. The maximum atomic E-state index is 4.01. The van der Waals surface area contributed by atoms with Crippen molar-refractivity contribution in [2.24, 2.45) is 0 Å². The summed E-state index contributed by atoms with van der Waals surface area (Å²) in [6.07, 6.45) is 0. The highest BCUT2D eigenvalue weighted by Crippen LogP contribution is 2.06. The fourth-order valence-corrected chi connectivity index (χ4v) is 2.42. The first kappa shape index (κ1) is 15.8. The van der Waals surface area contributed by atoms with Crippen LogP contribution in [0.4, 0.5) is 0 Å². The Labute approximate surface area is 119 Å².